The first-order valence-corrected chi connectivity index (χ1v) is 8.07. The highest BCUT2D eigenvalue weighted by molar-refractivity contribution is 8.03. The summed E-state index contributed by atoms with van der Waals surface area (Å²) in [6.45, 7) is 1.89. The maximum absolute atomic E-state index is 14.0. The fourth-order valence-electron chi connectivity index (χ4n) is 2.49. The Morgan fingerprint density at radius 2 is 2.09 bits per heavy atom. The van der Waals surface area contributed by atoms with Crippen LogP contribution in [0.25, 0.3) is 0 Å². The van der Waals surface area contributed by atoms with Crippen molar-refractivity contribution < 1.29 is 9.18 Å². The highest BCUT2D eigenvalue weighted by atomic mass is 32.2. The van der Waals surface area contributed by atoms with E-state index in [-0.39, 0.29) is 11.1 Å². The molecule has 1 atom stereocenters. The van der Waals surface area contributed by atoms with Gasteiger partial charge in [0.15, 0.2) is 0 Å². The quantitative estimate of drug-likeness (QED) is 0.900. The molecular weight excluding hydrogens is 313 g/mol. The van der Waals surface area contributed by atoms with Crippen LogP contribution in [-0.4, -0.2) is 10.9 Å². The third kappa shape index (κ3) is 3.37. The number of carbonyl (C=O) groups excluding carboxylic acids is 1. The van der Waals surface area contributed by atoms with Crippen molar-refractivity contribution in [2.75, 3.05) is 5.32 Å². The molecule has 0 bridgehead atoms. The molecule has 23 heavy (non-hydrogen) atoms. The largest absolute Gasteiger partial charge is 0.366 e. The fourth-order valence-corrected chi connectivity index (χ4v) is 3.83. The van der Waals surface area contributed by atoms with Crippen LogP contribution in [0.2, 0.25) is 0 Å². The number of aromatic nitrogens is 1. The maximum atomic E-state index is 14.0. The minimum Gasteiger partial charge on any atom is -0.366 e. The Bertz CT molecular complexity index is 791. The van der Waals surface area contributed by atoms with E-state index in [9.17, 15) is 9.18 Å². The normalized spacial score (nSPS) is 17.4. The van der Waals surface area contributed by atoms with Crippen molar-refractivity contribution in [1.29, 1.82) is 0 Å². The Labute approximate surface area is 138 Å². The predicted molar refractivity (Wildman–Crippen MR) is 90.2 cm³/mol. The molecule has 0 aliphatic carbocycles. The Morgan fingerprint density at radius 3 is 2.78 bits per heavy atom. The van der Waals surface area contributed by atoms with Gasteiger partial charge in [-0.1, -0.05) is 36.0 Å². The number of halogens is 1. The van der Waals surface area contributed by atoms with Crippen LogP contribution < -0.4 is 11.1 Å². The van der Waals surface area contributed by atoms with Crippen molar-refractivity contribution in [3.8, 4) is 0 Å². The summed E-state index contributed by atoms with van der Waals surface area (Å²) in [4.78, 5) is 16.1. The van der Waals surface area contributed by atoms with Crippen molar-refractivity contribution in [3.05, 3.63) is 70.1 Å². The van der Waals surface area contributed by atoms with Gasteiger partial charge < -0.3 is 11.1 Å². The lowest BCUT2D eigenvalue weighted by Gasteiger charge is -2.12. The van der Waals surface area contributed by atoms with Crippen LogP contribution in [-0.2, 0) is 4.79 Å². The van der Waals surface area contributed by atoms with E-state index in [1.807, 2.05) is 25.1 Å². The molecule has 0 spiro atoms. The summed E-state index contributed by atoms with van der Waals surface area (Å²) in [5.74, 6) is -0.129. The van der Waals surface area contributed by atoms with Gasteiger partial charge in [-0.25, -0.2) is 9.37 Å². The molecule has 0 saturated carbocycles. The molecule has 1 aliphatic heterocycles. The van der Waals surface area contributed by atoms with E-state index in [0.29, 0.717) is 28.4 Å². The number of hydrogen-bond acceptors (Lipinski definition) is 4. The molecule has 6 heteroatoms. The van der Waals surface area contributed by atoms with Crippen LogP contribution in [0.1, 0.15) is 22.9 Å². The number of aryl methyl sites for hydroxylation is 1. The van der Waals surface area contributed by atoms with Crippen molar-refractivity contribution in [3.63, 3.8) is 0 Å². The Kier molecular flexibility index (Phi) is 4.34. The first kappa shape index (κ1) is 15.6. The monoisotopic (exact) mass is 329 g/mol. The fraction of sp³-hybridized carbons (Fsp3) is 0.176. The number of nitrogens with one attached hydrogen (secondary N) is 1. The second-order valence-corrected chi connectivity index (χ2v) is 6.51. The number of amides is 1. The maximum Gasteiger partial charge on any atom is 0.247 e. The molecule has 0 fully saturated rings. The molecular formula is C17H16FN3OS. The van der Waals surface area contributed by atoms with E-state index in [4.69, 9.17) is 5.73 Å². The number of benzene rings is 1. The summed E-state index contributed by atoms with van der Waals surface area (Å²) in [5.41, 5.74) is 7.40. The van der Waals surface area contributed by atoms with Gasteiger partial charge >= 0.3 is 0 Å². The molecule has 1 aliphatic rings. The molecule has 1 aromatic carbocycles. The van der Waals surface area contributed by atoms with Gasteiger partial charge in [0.05, 0.1) is 5.03 Å². The van der Waals surface area contributed by atoms with Gasteiger partial charge in [-0.3, -0.25) is 4.79 Å². The molecule has 118 valence electrons. The number of nitrogens with two attached hydrogens (primary N) is 1. The zero-order valence-corrected chi connectivity index (χ0v) is 13.4. The topological polar surface area (TPSA) is 68.0 Å². The Balaban J connectivity index is 1.87. The second-order valence-electron chi connectivity index (χ2n) is 5.29. The van der Waals surface area contributed by atoms with Gasteiger partial charge in [-0.2, -0.15) is 0 Å². The third-order valence-electron chi connectivity index (χ3n) is 3.60. The summed E-state index contributed by atoms with van der Waals surface area (Å²) in [6, 6.07) is 12.2. The van der Waals surface area contributed by atoms with E-state index < -0.39 is 5.91 Å². The number of hydrogen-bond donors (Lipinski definition) is 2. The van der Waals surface area contributed by atoms with Gasteiger partial charge in [0, 0.05) is 22.1 Å². The standard InChI is InChI=1S/C17H16FN3OS/c1-10-5-4-8-15(20-10)21-17-12(16(19)22)9-14(23-17)11-6-2-3-7-13(11)18/h2-8,14H,9H2,1H3,(H2,19,22)(H,20,21). The van der Waals surface area contributed by atoms with Crippen molar-refractivity contribution >= 4 is 23.5 Å². The van der Waals surface area contributed by atoms with Crippen LogP contribution in [0.3, 0.4) is 0 Å². The molecule has 2 heterocycles. The van der Waals surface area contributed by atoms with Crippen LogP contribution >= 0.6 is 11.8 Å². The number of nitrogens with zero attached hydrogens (tertiary/aromatic N) is 1. The lowest BCUT2D eigenvalue weighted by molar-refractivity contribution is -0.114. The summed E-state index contributed by atoms with van der Waals surface area (Å²) >= 11 is 1.40. The minimum atomic E-state index is -0.494. The number of carbonyl (C=O) groups is 1. The van der Waals surface area contributed by atoms with Gasteiger partial charge in [0.1, 0.15) is 11.6 Å². The first-order valence-electron chi connectivity index (χ1n) is 7.19. The summed E-state index contributed by atoms with van der Waals surface area (Å²) in [7, 11) is 0. The molecule has 0 saturated heterocycles. The van der Waals surface area contributed by atoms with Crippen molar-refractivity contribution in [2.24, 2.45) is 5.73 Å². The molecule has 2 aromatic rings. The van der Waals surface area contributed by atoms with E-state index in [1.54, 1.807) is 18.2 Å². The number of pyridine rings is 1. The lowest BCUT2D eigenvalue weighted by Crippen LogP contribution is -2.16. The minimum absolute atomic E-state index is 0.175. The average Bonchev–Trinajstić information content (AvgIpc) is 2.91. The molecule has 1 aromatic heterocycles. The molecule has 0 radical (unpaired) electrons. The average molecular weight is 329 g/mol. The molecule has 1 unspecified atom stereocenters. The highest BCUT2D eigenvalue weighted by Crippen LogP contribution is 2.47. The smallest absolute Gasteiger partial charge is 0.247 e. The summed E-state index contributed by atoms with van der Waals surface area (Å²) < 4.78 is 14.0. The van der Waals surface area contributed by atoms with Crippen molar-refractivity contribution in [1.82, 2.24) is 4.98 Å². The Morgan fingerprint density at radius 1 is 1.30 bits per heavy atom. The SMILES string of the molecule is Cc1cccc(NC2=C(C(N)=O)CC(c3ccccc3F)S2)n1. The molecule has 1 amide bonds. The molecule has 3 N–H and O–H groups in total. The van der Waals surface area contributed by atoms with Gasteiger partial charge in [0.25, 0.3) is 0 Å². The molecule has 3 rings (SSSR count). The van der Waals surface area contributed by atoms with Crippen LogP contribution in [0, 0.1) is 12.7 Å². The van der Waals surface area contributed by atoms with Crippen molar-refractivity contribution in [2.45, 2.75) is 18.6 Å². The first-order chi connectivity index (χ1) is 11.0. The summed E-state index contributed by atoms with van der Waals surface area (Å²) in [5, 5.41) is 3.61. The zero-order chi connectivity index (χ0) is 16.4. The number of anilines is 1. The van der Waals surface area contributed by atoms with E-state index in [1.165, 1.54) is 17.8 Å². The third-order valence-corrected chi connectivity index (χ3v) is 4.89. The zero-order valence-electron chi connectivity index (χ0n) is 12.5. The van der Waals surface area contributed by atoms with Crippen LogP contribution in [0.15, 0.2) is 53.1 Å². The second kappa shape index (κ2) is 6.42. The van der Waals surface area contributed by atoms with E-state index in [0.717, 1.165) is 5.69 Å². The number of thioether (sulfide) groups is 1. The Hall–Kier alpha value is -2.34. The van der Waals surface area contributed by atoms with Gasteiger partial charge in [-0.15, -0.1) is 0 Å². The summed E-state index contributed by atoms with van der Waals surface area (Å²) in [6.07, 6.45) is 0.398. The van der Waals surface area contributed by atoms with E-state index in [2.05, 4.69) is 10.3 Å². The lowest BCUT2D eigenvalue weighted by atomic mass is 10.0. The van der Waals surface area contributed by atoms with Gasteiger partial charge in [0.2, 0.25) is 5.91 Å². The van der Waals surface area contributed by atoms with Crippen LogP contribution in [0.4, 0.5) is 10.2 Å². The highest BCUT2D eigenvalue weighted by Gasteiger charge is 2.31. The number of rotatable bonds is 4. The van der Waals surface area contributed by atoms with E-state index >= 15 is 0 Å². The molecule has 4 nitrogen and oxygen atoms in total. The van der Waals surface area contributed by atoms with Crippen LogP contribution in [0.5, 0.6) is 0 Å². The van der Waals surface area contributed by atoms with Gasteiger partial charge in [-0.05, 0) is 31.5 Å². The predicted octanol–water partition coefficient (Wildman–Crippen LogP) is 3.52. The number of primary amides is 1.